The first-order valence-electron chi connectivity index (χ1n) is 10.4. The van der Waals surface area contributed by atoms with Crippen LogP contribution in [0.15, 0.2) is 18.2 Å². The van der Waals surface area contributed by atoms with E-state index in [1.807, 2.05) is 19.1 Å². The molecule has 6 rings (SSSR count). The number of fused-ring (bicyclic) bond motifs is 1. The van der Waals surface area contributed by atoms with Crippen molar-refractivity contribution in [1.29, 1.82) is 0 Å². The molecule has 4 fully saturated rings. The van der Waals surface area contributed by atoms with Crippen molar-refractivity contribution in [2.24, 2.45) is 23.2 Å². The maximum atomic E-state index is 12.9. The van der Waals surface area contributed by atoms with Gasteiger partial charge in [-0.15, -0.1) is 0 Å². The first kappa shape index (κ1) is 18.1. The number of hydrogen-bond donors (Lipinski definition) is 2. The molecule has 0 unspecified atom stereocenters. The number of benzene rings is 1. The first-order valence-corrected chi connectivity index (χ1v) is 11.3. The van der Waals surface area contributed by atoms with E-state index in [4.69, 9.17) is 0 Å². The van der Waals surface area contributed by atoms with Crippen molar-refractivity contribution in [2.45, 2.75) is 51.9 Å². The summed E-state index contributed by atoms with van der Waals surface area (Å²) in [6.07, 6.45) is 7.45. The van der Waals surface area contributed by atoms with Crippen molar-refractivity contribution in [3.8, 4) is 0 Å². The average molecular weight is 398 g/mol. The quantitative estimate of drug-likeness (QED) is 0.792. The Hall–Kier alpha value is -1.95. The van der Waals surface area contributed by atoms with E-state index in [2.05, 4.69) is 21.7 Å². The second kappa shape index (κ2) is 6.83. The lowest BCUT2D eigenvalue weighted by Crippen LogP contribution is -2.53. The predicted molar refractivity (Wildman–Crippen MR) is 111 cm³/mol. The molecule has 0 radical (unpaired) electrons. The van der Waals surface area contributed by atoms with Crippen molar-refractivity contribution < 1.29 is 9.59 Å². The van der Waals surface area contributed by atoms with Crippen LogP contribution in [0.3, 0.4) is 0 Å². The van der Waals surface area contributed by atoms with Crippen LogP contribution < -0.4 is 10.6 Å². The Labute approximate surface area is 169 Å². The Morgan fingerprint density at radius 3 is 2.50 bits per heavy atom. The van der Waals surface area contributed by atoms with Gasteiger partial charge < -0.3 is 10.6 Å². The molecule has 2 N–H and O–H groups in total. The number of rotatable bonds is 5. The lowest BCUT2D eigenvalue weighted by atomic mass is 9.49. The molecule has 28 heavy (non-hydrogen) atoms. The summed E-state index contributed by atoms with van der Waals surface area (Å²) in [4.78, 5) is 29.7. The molecule has 0 aliphatic heterocycles. The number of carbonyl (C=O) groups excluding carboxylic acids is 2. The van der Waals surface area contributed by atoms with Crippen LogP contribution in [0.2, 0.25) is 0 Å². The number of hydrogen-bond acceptors (Lipinski definition) is 4. The Kier molecular flexibility index (Phi) is 4.42. The van der Waals surface area contributed by atoms with Crippen LogP contribution in [0.1, 0.15) is 50.5 Å². The van der Waals surface area contributed by atoms with Gasteiger partial charge >= 0.3 is 0 Å². The molecule has 1 heterocycles. The highest BCUT2D eigenvalue weighted by Crippen LogP contribution is 2.60. The molecule has 4 aliphatic carbocycles. The van der Waals surface area contributed by atoms with Gasteiger partial charge in [-0.1, -0.05) is 17.4 Å². The minimum absolute atomic E-state index is 0.0957. The molecule has 2 aromatic rings. The molecule has 2 amide bonds. The number of thiazole rings is 1. The fraction of sp³-hybridized carbons (Fsp3) is 0.591. The lowest BCUT2D eigenvalue weighted by molar-refractivity contribution is -0.146. The molecule has 1 aromatic heterocycles. The number of anilines is 1. The van der Waals surface area contributed by atoms with Crippen molar-refractivity contribution >= 4 is 38.5 Å². The first-order chi connectivity index (χ1) is 13.5. The van der Waals surface area contributed by atoms with Crippen molar-refractivity contribution in [2.75, 3.05) is 11.9 Å². The highest BCUT2D eigenvalue weighted by molar-refractivity contribution is 7.22. The molecule has 6 heteroatoms. The van der Waals surface area contributed by atoms with Gasteiger partial charge in [0.25, 0.3) is 0 Å². The molecule has 148 valence electrons. The van der Waals surface area contributed by atoms with E-state index in [1.54, 1.807) is 0 Å². The number of aryl methyl sites for hydroxylation is 1. The summed E-state index contributed by atoms with van der Waals surface area (Å²) in [7, 11) is 0. The van der Waals surface area contributed by atoms with Crippen LogP contribution >= 0.6 is 11.3 Å². The number of aromatic nitrogens is 1. The summed E-state index contributed by atoms with van der Waals surface area (Å²) in [5.41, 5.74) is 1.94. The van der Waals surface area contributed by atoms with Crippen molar-refractivity contribution in [3.63, 3.8) is 0 Å². The summed E-state index contributed by atoms with van der Waals surface area (Å²) in [6, 6.07) is 6.07. The summed E-state index contributed by atoms with van der Waals surface area (Å²) in [5.74, 6) is 2.35. The molecule has 1 aromatic carbocycles. The maximum absolute atomic E-state index is 12.9. The molecular weight excluding hydrogens is 370 g/mol. The van der Waals surface area contributed by atoms with E-state index in [0.717, 1.165) is 47.2 Å². The molecule has 4 aliphatic rings. The minimum atomic E-state index is -0.143. The summed E-state index contributed by atoms with van der Waals surface area (Å²) in [5, 5.41) is 6.57. The van der Waals surface area contributed by atoms with Crippen molar-refractivity contribution in [3.05, 3.63) is 23.8 Å². The Balaban J connectivity index is 1.14. The van der Waals surface area contributed by atoms with E-state index < -0.39 is 0 Å². The zero-order chi connectivity index (χ0) is 19.3. The summed E-state index contributed by atoms with van der Waals surface area (Å²) < 4.78 is 1.07. The molecule has 0 atom stereocenters. The fourth-order valence-electron chi connectivity index (χ4n) is 6.13. The molecule has 0 spiro atoms. The topological polar surface area (TPSA) is 71.1 Å². The normalized spacial score (nSPS) is 30.5. The van der Waals surface area contributed by atoms with Gasteiger partial charge in [0.15, 0.2) is 5.13 Å². The van der Waals surface area contributed by atoms with Crippen LogP contribution in [-0.2, 0) is 9.59 Å². The van der Waals surface area contributed by atoms with Crippen LogP contribution in [0.5, 0.6) is 0 Å². The average Bonchev–Trinajstić information content (AvgIpc) is 3.01. The fourth-order valence-corrected chi connectivity index (χ4v) is 7.11. The zero-order valence-electron chi connectivity index (χ0n) is 16.3. The number of carbonyl (C=O) groups is 2. The van der Waals surface area contributed by atoms with Gasteiger partial charge in [-0.2, -0.15) is 0 Å². The van der Waals surface area contributed by atoms with Gasteiger partial charge in [-0.25, -0.2) is 4.98 Å². The molecule has 4 saturated carbocycles. The summed E-state index contributed by atoms with van der Waals surface area (Å²) in [6.45, 7) is 2.44. The second-order valence-electron chi connectivity index (χ2n) is 9.24. The van der Waals surface area contributed by atoms with Crippen LogP contribution in [-0.4, -0.2) is 23.3 Å². The standard InChI is InChI=1S/C22H27N3O2S/c1-13-2-3-17-18(6-13)28-21(24-17)25-19(26)4-5-23-20(27)22-10-14-7-15(11-22)9-16(8-14)12-22/h2-3,6,14-16H,4-5,7-12H2,1H3,(H,23,27)(H,24,25,26). The smallest absolute Gasteiger partial charge is 0.227 e. The largest absolute Gasteiger partial charge is 0.355 e. The Morgan fingerprint density at radius 1 is 1.14 bits per heavy atom. The van der Waals surface area contributed by atoms with Gasteiger partial charge in [0.2, 0.25) is 11.8 Å². The Bertz CT molecular complexity index is 900. The van der Waals surface area contributed by atoms with Crippen LogP contribution in [0, 0.1) is 30.1 Å². The van der Waals surface area contributed by atoms with Gasteiger partial charge in [0.1, 0.15) is 0 Å². The van der Waals surface area contributed by atoms with Gasteiger partial charge in [0.05, 0.1) is 10.2 Å². The number of amides is 2. The lowest BCUT2D eigenvalue weighted by Gasteiger charge is -2.55. The molecule has 5 nitrogen and oxygen atoms in total. The SMILES string of the molecule is Cc1ccc2nc(NC(=O)CCNC(=O)C34CC5CC(CC(C5)C3)C4)sc2c1. The summed E-state index contributed by atoms with van der Waals surface area (Å²) >= 11 is 1.49. The van der Waals surface area contributed by atoms with E-state index in [0.29, 0.717) is 11.7 Å². The van der Waals surface area contributed by atoms with E-state index >= 15 is 0 Å². The highest BCUT2D eigenvalue weighted by atomic mass is 32.1. The minimum Gasteiger partial charge on any atom is -0.355 e. The molecular formula is C22H27N3O2S. The predicted octanol–water partition coefficient (Wildman–Crippen LogP) is 4.27. The number of nitrogens with zero attached hydrogens (tertiary/aromatic N) is 1. The van der Waals surface area contributed by atoms with Gasteiger partial charge in [-0.05, 0) is 80.9 Å². The van der Waals surface area contributed by atoms with Gasteiger partial charge in [0, 0.05) is 18.4 Å². The third kappa shape index (κ3) is 3.32. The zero-order valence-corrected chi connectivity index (χ0v) is 17.1. The second-order valence-corrected chi connectivity index (χ2v) is 10.3. The molecule has 0 saturated heterocycles. The van der Waals surface area contributed by atoms with Gasteiger partial charge in [-0.3, -0.25) is 9.59 Å². The third-order valence-electron chi connectivity index (χ3n) is 6.95. The highest BCUT2D eigenvalue weighted by Gasteiger charge is 2.54. The van der Waals surface area contributed by atoms with E-state index in [9.17, 15) is 9.59 Å². The van der Waals surface area contributed by atoms with Crippen molar-refractivity contribution in [1.82, 2.24) is 10.3 Å². The monoisotopic (exact) mass is 397 g/mol. The van der Waals surface area contributed by atoms with Crippen LogP contribution in [0.4, 0.5) is 5.13 Å². The number of nitrogens with one attached hydrogen (secondary N) is 2. The van der Waals surface area contributed by atoms with E-state index in [1.165, 1.54) is 36.2 Å². The van der Waals surface area contributed by atoms with E-state index in [-0.39, 0.29) is 23.7 Å². The maximum Gasteiger partial charge on any atom is 0.227 e. The third-order valence-corrected chi connectivity index (χ3v) is 7.88. The molecule has 4 bridgehead atoms. The van der Waals surface area contributed by atoms with Crippen LogP contribution in [0.25, 0.3) is 10.2 Å². The Morgan fingerprint density at radius 2 is 1.82 bits per heavy atom.